The topological polar surface area (TPSA) is 89.3 Å². The van der Waals surface area contributed by atoms with Crippen molar-refractivity contribution in [1.82, 2.24) is 0 Å². The Balaban J connectivity index is 2.09. The zero-order valence-corrected chi connectivity index (χ0v) is 13.7. The number of anilines is 1. The van der Waals surface area contributed by atoms with Crippen LogP contribution in [0.2, 0.25) is 5.02 Å². The lowest BCUT2D eigenvalue weighted by molar-refractivity contribution is -0.385. The second-order valence-electron chi connectivity index (χ2n) is 5.00. The Morgan fingerprint density at radius 3 is 2.46 bits per heavy atom. The highest BCUT2D eigenvalue weighted by Crippen LogP contribution is 2.30. The third kappa shape index (κ3) is 3.04. The van der Waals surface area contributed by atoms with Crippen molar-refractivity contribution in [3.05, 3.63) is 75.8 Å². The van der Waals surface area contributed by atoms with Crippen LogP contribution in [0.25, 0.3) is 10.8 Å². The molecule has 0 spiro atoms. The zero-order chi connectivity index (χ0) is 17.3. The molecule has 3 rings (SSSR count). The molecule has 0 atom stereocenters. The maximum Gasteiger partial charge on any atom is 0.270 e. The van der Waals surface area contributed by atoms with E-state index in [4.69, 9.17) is 11.6 Å². The van der Waals surface area contributed by atoms with Gasteiger partial charge in [-0.25, -0.2) is 8.42 Å². The van der Waals surface area contributed by atoms with Crippen LogP contribution in [0.4, 0.5) is 11.4 Å². The molecular weight excluding hydrogens is 352 g/mol. The predicted octanol–water partition coefficient (Wildman–Crippen LogP) is 4.20. The van der Waals surface area contributed by atoms with Crippen LogP contribution in [0, 0.1) is 10.1 Å². The van der Waals surface area contributed by atoms with Gasteiger partial charge in [0.05, 0.1) is 15.6 Å². The van der Waals surface area contributed by atoms with Crippen LogP contribution in [0.1, 0.15) is 0 Å². The summed E-state index contributed by atoms with van der Waals surface area (Å²) in [5, 5.41) is 12.4. The van der Waals surface area contributed by atoms with Gasteiger partial charge in [-0.2, -0.15) is 0 Å². The van der Waals surface area contributed by atoms with E-state index in [-0.39, 0.29) is 15.6 Å². The van der Waals surface area contributed by atoms with Gasteiger partial charge in [-0.05, 0) is 17.5 Å². The van der Waals surface area contributed by atoms with Crippen LogP contribution >= 0.6 is 11.6 Å². The van der Waals surface area contributed by atoms with E-state index in [0.29, 0.717) is 11.1 Å². The number of nitrogens with one attached hydrogen (secondary N) is 1. The Labute approximate surface area is 142 Å². The number of nitrogens with zero attached hydrogens (tertiary/aromatic N) is 1. The van der Waals surface area contributed by atoms with Crippen LogP contribution in [0.15, 0.2) is 65.6 Å². The number of sulfonamides is 1. The quantitative estimate of drug-likeness (QED) is 0.556. The fourth-order valence-electron chi connectivity index (χ4n) is 2.33. The Kier molecular flexibility index (Phi) is 4.13. The Bertz CT molecular complexity index is 1050. The highest BCUT2D eigenvalue weighted by Gasteiger charge is 2.22. The van der Waals surface area contributed by atoms with Gasteiger partial charge in [0, 0.05) is 17.5 Å². The number of halogens is 1. The van der Waals surface area contributed by atoms with Gasteiger partial charge in [0.25, 0.3) is 15.7 Å². The number of hydrogen-bond donors (Lipinski definition) is 1. The molecule has 3 aromatic rings. The van der Waals surface area contributed by atoms with Gasteiger partial charge in [0.1, 0.15) is 4.90 Å². The third-order valence-corrected chi connectivity index (χ3v) is 5.30. The zero-order valence-electron chi connectivity index (χ0n) is 12.1. The van der Waals surface area contributed by atoms with Crippen molar-refractivity contribution in [1.29, 1.82) is 0 Å². The maximum atomic E-state index is 12.6. The molecule has 0 aliphatic rings. The molecule has 1 N–H and O–H groups in total. The number of nitro benzene ring substituents is 1. The monoisotopic (exact) mass is 362 g/mol. The summed E-state index contributed by atoms with van der Waals surface area (Å²) in [5.41, 5.74) is 0.0216. The molecule has 0 amide bonds. The first-order chi connectivity index (χ1) is 11.4. The molecule has 0 saturated heterocycles. The van der Waals surface area contributed by atoms with Gasteiger partial charge in [-0.3, -0.25) is 14.8 Å². The molecule has 0 aromatic heterocycles. The molecular formula is C16H11ClN2O4S. The Morgan fingerprint density at radius 1 is 1.00 bits per heavy atom. The summed E-state index contributed by atoms with van der Waals surface area (Å²) >= 11 is 5.93. The Morgan fingerprint density at radius 2 is 1.71 bits per heavy atom. The van der Waals surface area contributed by atoms with Crippen molar-refractivity contribution < 1.29 is 13.3 Å². The molecule has 0 unspecified atom stereocenters. The lowest BCUT2D eigenvalue weighted by Gasteiger charge is -2.11. The standard InChI is InChI=1S/C16H11ClN2O4S/c17-14-9-8-12(19(20)21)10-16(14)24(22,23)18-15-7-3-5-11-4-1-2-6-13(11)15/h1-10,18H. The molecule has 6 nitrogen and oxygen atoms in total. The molecule has 8 heteroatoms. The summed E-state index contributed by atoms with van der Waals surface area (Å²) < 4.78 is 27.7. The van der Waals surface area contributed by atoms with Crippen LogP contribution in [0.3, 0.4) is 0 Å². The van der Waals surface area contributed by atoms with Crippen molar-refractivity contribution in [2.24, 2.45) is 0 Å². The molecule has 122 valence electrons. The first kappa shape index (κ1) is 16.2. The minimum atomic E-state index is -4.08. The molecule has 3 aromatic carbocycles. The summed E-state index contributed by atoms with van der Waals surface area (Å²) in [6, 6.07) is 15.7. The van der Waals surface area contributed by atoms with E-state index in [2.05, 4.69) is 4.72 Å². The van der Waals surface area contributed by atoms with E-state index < -0.39 is 14.9 Å². The van der Waals surface area contributed by atoms with Gasteiger partial charge in [0.15, 0.2) is 0 Å². The van der Waals surface area contributed by atoms with Gasteiger partial charge in [-0.1, -0.05) is 48.0 Å². The van der Waals surface area contributed by atoms with E-state index >= 15 is 0 Å². The van der Waals surface area contributed by atoms with Crippen LogP contribution in [-0.2, 0) is 10.0 Å². The number of nitro groups is 1. The average Bonchev–Trinajstić information content (AvgIpc) is 2.55. The summed E-state index contributed by atoms with van der Waals surface area (Å²) in [7, 11) is -4.08. The Hall–Kier alpha value is -2.64. The molecule has 0 saturated carbocycles. The highest BCUT2D eigenvalue weighted by molar-refractivity contribution is 7.92. The van der Waals surface area contributed by atoms with Crippen molar-refractivity contribution in [2.45, 2.75) is 4.90 Å². The number of hydrogen-bond acceptors (Lipinski definition) is 4. The molecule has 0 aliphatic heterocycles. The minimum absolute atomic E-state index is 0.0895. The van der Waals surface area contributed by atoms with Crippen LogP contribution in [0.5, 0.6) is 0 Å². The van der Waals surface area contributed by atoms with Crippen molar-refractivity contribution in [3.8, 4) is 0 Å². The van der Waals surface area contributed by atoms with E-state index in [1.165, 1.54) is 6.07 Å². The normalized spacial score (nSPS) is 11.4. The summed E-state index contributed by atoms with van der Waals surface area (Å²) in [6.07, 6.45) is 0. The molecule has 24 heavy (non-hydrogen) atoms. The fourth-order valence-corrected chi connectivity index (χ4v) is 3.93. The van der Waals surface area contributed by atoms with Gasteiger partial charge < -0.3 is 0 Å². The van der Waals surface area contributed by atoms with Crippen molar-refractivity contribution in [2.75, 3.05) is 4.72 Å². The van der Waals surface area contributed by atoms with E-state index in [1.54, 1.807) is 24.3 Å². The SMILES string of the molecule is O=[N+]([O-])c1ccc(Cl)c(S(=O)(=O)Nc2cccc3ccccc23)c1. The van der Waals surface area contributed by atoms with Crippen LogP contribution < -0.4 is 4.72 Å². The van der Waals surface area contributed by atoms with Gasteiger partial charge in [0.2, 0.25) is 0 Å². The average molecular weight is 363 g/mol. The van der Waals surface area contributed by atoms with Gasteiger partial charge in [-0.15, -0.1) is 0 Å². The van der Waals surface area contributed by atoms with Crippen LogP contribution in [-0.4, -0.2) is 13.3 Å². The highest BCUT2D eigenvalue weighted by atomic mass is 35.5. The lowest BCUT2D eigenvalue weighted by atomic mass is 10.1. The molecule has 0 heterocycles. The number of benzene rings is 3. The minimum Gasteiger partial charge on any atom is -0.279 e. The number of rotatable bonds is 4. The summed E-state index contributed by atoms with van der Waals surface area (Å²) in [4.78, 5) is 9.86. The molecule has 0 bridgehead atoms. The van der Waals surface area contributed by atoms with E-state index in [0.717, 1.165) is 17.5 Å². The van der Waals surface area contributed by atoms with Crippen molar-refractivity contribution in [3.63, 3.8) is 0 Å². The maximum absolute atomic E-state index is 12.6. The molecule has 0 aliphatic carbocycles. The van der Waals surface area contributed by atoms with Gasteiger partial charge >= 0.3 is 0 Å². The van der Waals surface area contributed by atoms with E-state index in [9.17, 15) is 18.5 Å². The fraction of sp³-hybridized carbons (Fsp3) is 0. The first-order valence-corrected chi connectivity index (χ1v) is 8.69. The largest absolute Gasteiger partial charge is 0.279 e. The first-order valence-electron chi connectivity index (χ1n) is 6.83. The third-order valence-electron chi connectivity index (χ3n) is 3.45. The second kappa shape index (κ2) is 6.10. The van der Waals surface area contributed by atoms with E-state index in [1.807, 2.05) is 18.2 Å². The molecule has 0 radical (unpaired) electrons. The lowest BCUT2D eigenvalue weighted by Crippen LogP contribution is -2.14. The molecule has 0 fully saturated rings. The number of fused-ring (bicyclic) bond motifs is 1. The summed E-state index contributed by atoms with van der Waals surface area (Å²) in [6.45, 7) is 0. The summed E-state index contributed by atoms with van der Waals surface area (Å²) in [5.74, 6) is 0. The van der Waals surface area contributed by atoms with Crippen molar-refractivity contribution >= 4 is 43.8 Å². The smallest absolute Gasteiger partial charge is 0.270 e. The number of non-ortho nitro benzene ring substituents is 1. The predicted molar refractivity (Wildman–Crippen MR) is 92.9 cm³/mol. The second-order valence-corrected chi connectivity index (χ2v) is 7.06.